The lowest BCUT2D eigenvalue weighted by Crippen LogP contribution is -2.12. The number of nitrogens with zero attached hydrogens (tertiary/aromatic N) is 1. The van der Waals surface area contributed by atoms with Crippen molar-refractivity contribution in [3.05, 3.63) is 23.3 Å². The quantitative estimate of drug-likeness (QED) is 0.747. The molecule has 5 heteroatoms. The molecule has 0 unspecified atom stereocenters. The van der Waals surface area contributed by atoms with Crippen molar-refractivity contribution < 1.29 is 14.6 Å². The summed E-state index contributed by atoms with van der Waals surface area (Å²) >= 11 is 0. The SMILES string of the molecule is COc1c(N)cc(CN(C)C)cc1C(=O)O. The lowest BCUT2D eigenvalue weighted by atomic mass is 10.1. The van der Waals surface area contributed by atoms with Gasteiger partial charge in [-0.05, 0) is 31.8 Å². The van der Waals surface area contributed by atoms with Crippen LogP contribution < -0.4 is 10.5 Å². The highest BCUT2D eigenvalue weighted by Gasteiger charge is 2.15. The Bertz CT molecular complexity index is 402. The third-order valence-electron chi connectivity index (χ3n) is 2.11. The zero-order valence-corrected chi connectivity index (χ0v) is 9.65. The largest absolute Gasteiger partial charge is 0.494 e. The Kier molecular flexibility index (Phi) is 3.73. The number of carboxylic acid groups (broad SMARTS) is 1. The maximum Gasteiger partial charge on any atom is 0.339 e. The molecule has 0 aliphatic rings. The number of nitrogen functional groups attached to an aromatic ring is 1. The summed E-state index contributed by atoms with van der Waals surface area (Å²) in [6, 6.07) is 3.31. The van der Waals surface area contributed by atoms with Gasteiger partial charge in [-0.3, -0.25) is 0 Å². The van der Waals surface area contributed by atoms with Crippen molar-refractivity contribution in [2.45, 2.75) is 6.54 Å². The monoisotopic (exact) mass is 224 g/mol. The van der Waals surface area contributed by atoms with Crippen LogP contribution in [0.15, 0.2) is 12.1 Å². The molecule has 0 spiro atoms. The van der Waals surface area contributed by atoms with Gasteiger partial charge in [0.05, 0.1) is 12.8 Å². The number of carbonyl (C=O) groups is 1. The van der Waals surface area contributed by atoms with Gasteiger partial charge >= 0.3 is 5.97 Å². The molecule has 0 saturated heterocycles. The van der Waals surface area contributed by atoms with Crippen LogP contribution in [-0.2, 0) is 6.54 Å². The van der Waals surface area contributed by atoms with E-state index in [9.17, 15) is 4.79 Å². The van der Waals surface area contributed by atoms with Crippen LogP contribution in [0.3, 0.4) is 0 Å². The molecule has 1 aromatic rings. The van der Waals surface area contributed by atoms with Gasteiger partial charge in [-0.1, -0.05) is 0 Å². The van der Waals surface area contributed by atoms with Gasteiger partial charge in [0.2, 0.25) is 0 Å². The van der Waals surface area contributed by atoms with E-state index in [0.29, 0.717) is 12.2 Å². The molecule has 0 aliphatic carbocycles. The van der Waals surface area contributed by atoms with Gasteiger partial charge in [0.15, 0.2) is 5.75 Å². The molecule has 0 bridgehead atoms. The Hall–Kier alpha value is -1.75. The first-order valence-electron chi connectivity index (χ1n) is 4.80. The molecule has 16 heavy (non-hydrogen) atoms. The number of benzene rings is 1. The van der Waals surface area contributed by atoms with Crippen molar-refractivity contribution in [2.75, 3.05) is 26.9 Å². The fourth-order valence-corrected chi connectivity index (χ4v) is 1.56. The van der Waals surface area contributed by atoms with Crippen LogP contribution in [0.1, 0.15) is 15.9 Å². The first-order valence-corrected chi connectivity index (χ1v) is 4.80. The van der Waals surface area contributed by atoms with Gasteiger partial charge < -0.3 is 20.5 Å². The molecule has 0 heterocycles. The summed E-state index contributed by atoms with van der Waals surface area (Å²) in [5.41, 5.74) is 7.03. The van der Waals surface area contributed by atoms with Gasteiger partial charge in [0, 0.05) is 6.54 Å². The van der Waals surface area contributed by atoms with E-state index >= 15 is 0 Å². The molecular weight excluding hydrogens is 208 g/mol. The van der Waals surface area contributed by atoms with Crippen molar-refractivity contribution in [3.8, 4) is 5.75 Å². The zero-order valence-electron chi connectivity index (χ0n) is 9.65. The van der Waals surface area contributed by atoms with Crippen LogP contribution in [0.2, 0.25) is 0 Å². The second-order valence-electron chi connectivity index (χ2n) is 3.81. The van der Waals surface area contributed by atoms with E-state index in [4.69, 9.17) is 15.6 Å². The lowest BCUT2D eigenvalue weighted by molar-refractivity contribution is 0.0693. The summed E-state index contributed by atoms with van der Waals surface area (Å²) in [6.07, 6.45) is 0. The number of hydrogen-bond donors (Lipinski definition) is 2. The number of anilines is 1. The first-order chi connectivity index (χ1) is 7.45. The molecule has 88 valence electrons. The number of ether oxygens (including phenoxy) is 1. The van der Waals surface area contributed by atoms with Crippen molar-refractivity contribution in [1.82, 2.24) is 4.90 Å². The van der Waals surface area contributed by atoms with Crippen LogP contribution >= 0.6 is 0 Å². The average Bonchev–Trinajstić information content (AvgIpc) is 2.15. The molecule has 1 rings (SSSR count). The van der Waals surface area contributed by atoms with E-state index in [0.717, 1.165) is 5.56 Å². The smallest absolute Gasteiger partial charge is 0.339 e. The predicted octanol–water partition coefficient (Wildman–Crippen LogP) is 1.04. The van der Waals surface area contributed by atoms with Crippen LogP contribution in [0.4, 0.5) is 5.69 Å². The minimum absolute atomic E-state index is 0.0966. The number of aromatic carboxylic acids is 1. The van der Waals surface area contributed by atoms with E-state index in [1.165, 1.54) is 7.11 Å². The van der Waals surface area contributed by atoms with Gasteiger partial charge in [0.1, 0.15) is 5.56 Å². The van der Waals surface area contributed by atoms with Crippen molar-refractivity contribution in [1.29, 1.82) is 0 Å². The molecule has 0 fully saturated rings. The molecule has 0 radical (unpaired) electrons. The zero-order chi connectivity index (χ0) is 12.3. The first kappa shape index (κ1) is 12.3. The second-order valence-corrected chi connectivity index (χ2v) is 3.81. The van der Waals surface area contributed by atoms with Gasteiger partial charge in [-0.2, -0.15) is 0 Å². The van der Waals surface area contributed by atoms with Crippen molar-refractivity contribution >= 4 is 11.7 Å². The summed E-state index contributed by atoms with van der Waals surface area (Å²) < 4.78 is 4.98. The van der Waals surface area contributed by atoms with Crippen LogP contribution in [-0.4, -0.2) is 37.2 Å². The number of carboxylic acids is 1. The fourth-order valence-electron chi connectivity index (χ4n) is 1.56. The van der Waals surface area contributed by atoms with Crippen molar-refractivity contribution in [3.63, 3.8) is 0 Å². The highest BCUT2D eigenvalue weighted by atomic mass is 16.5. The van der Waals surface area contributed by atoms with Crippen LogP contribution in [0.5, 0.6) is 5.75 Å². The second kappa shape index (κ2) is 4.85. The van der Waals surface area contributed by atoms with Crippen LogP contribution in [0, 0.1) is 0 Å². The van der Waals surface area contributed by atoms with Gasteiger partial charge in [-0.15, -0.1) is 0 Å². The Balaban J connectivity index is 3.22. The van der Waals surface area contributed by atoms with E-state index in [2.05, 4.69) is 0 Å². The van der Waals surface area contributed by atoms with E-state index in [1.807, 2.05) is 19.0 Å². The molecule has 0 atom stereocenters. The Labute approximate surface area is 94.4 Å². The summed E-state index contributed by atoms with van der Waals surface area (Å²) in [6.45, 7) is 0.633. The molecule has 0 aromatic heterocycles. The molecule has 1 aromatic carbocycles. The number of rotatable bonds is 4. The van der Waals surface area contributed by atoms with Gasteiger partial charge in [0.25, 0.3) is 0 Å². The van der Waals surface area contributed by atoms with Crippen LogP contribution in [0.25, 0.3) is 0 Å². The van der Waals surface area contributed by atoms with Gasteiger partial charge in [-0.25, -0.2) is 4.79 Å². The minimum Gasteiger partial charge on any atom is -0.494 e. The number of nitrogens with two attached hydrogens (primary N) is 1. The summed E-state index contributed by atoms with van der Waals surface area (Å²) in [4.78, 5) is 13.0. The lowest BCUT2D eigenvalue weighted by Gasteiger charge is -2.14. The van der Waals surface area contributed by atoms with E-state index < -0.39 is 5.97 Å². The summed E-state index contributed by atoms with van der Waals surface area (Å²) in [5, 5.41) is 9.03. The Morgan fingerprint density at radius 1 is 1.50 bits per heavy atom. The highest BCUT2D eigenvalue weighted by Crippen LogP contribution is 2.28. The molecule has 0 saturated carbocycles. The molecular formula is C11H16N2O3. The maximum atomic E-state index is 11.0. The molecule has 3 N–H and O–H groups in total. The maximum absolute atomic E-state index is 11.0. The predicted molar refractivity (Wildman–Crippen MR) is 61.8 cm³/mol. The van der Waals surface area contributed by atoms with E-state index in [-0.39, 0.29) is 11.3 Å². The molecule has 0 aliphatic heterocycles. The highest BCUT2D eigenvalue weighted by molar-refractivity contribution is 5.93. The summed E-state index contributed by atoms with van der Waals surface area (Å²) in [7, 11) is 5.21. The topological polar surface area (TPSA) is 75.8 Å². The third-order valence-corrected chi connectivity index (χ3v) is 2.11. The third kappa shape index (κ3) is 2.64. The Morgan fingerprint density at radius 3 is 2.56 bits per heavy atom. The summed E-state index contributed by atoms with van der Waals surface area (Å²) in [5.74, 6) is -0.820. The standard InChI is InChI=1S/C11H16N2O3/c1-13(2)6-7-4-8(11(14)15)10(16-3)9(12)5-7/h4-5H,6,12H2,1-3H3,(H,14,15). The fraction of sp³-hybridized carbons (Fsp3) is 0.364. The van der Waals surface area contributed by atoms with Crippen molar-refractivity contribution in [2.24, 2.45) is 0 Å². The Morgan fingerprint density at radius 2 is 2.12 bits per heavy atom. The molecule has 0 amide bonds. The number of hydrogen-bond acceptors (Lipinski definition) is 4. The molecule has 5 nitrogen and oxygen atoms in total. The average molecular weight is 224 g/mol. The normalized spacial score (nSPS) is 10.5. The van der Waals surface area contributed by atoms with E-state index in [1.54, 1.807) is 12.1 Å². The number of methoxy groups -OCH3 is 1. The minimum atomic E-state index is -1.04.